The Bertz CT molecular complexity index is 487. The molecule has 0 bridgehead atoms. The van der Waals surface area contributed by atoms with Crippen molar-refractivity contribution < 1.29 is 23.8 Å². The Kier molecular flexibility index (Phi) is 4.99. The molecule has 104 valence electrons. The molecule has 2 N–H and O–H groups in total. The van der Waals surface area contributed by atoms with E-state index in [1.165, 1.54) is 40.4 Å². The molecule has 0 aliphatic rings. The summed E-state index contributed by atoms with van der Waals surface area (Å²) in [7, 11) is 4.37. The van der Waals surface area contributed by atoms with Gasteiger partial charge in [0.05, 0.1) is 26.9 Å². The van der Waals surface area contributed by atoms with Gasteiger partial charge < -0.3 is 14.2 Å². The number of nitrogens with one attached hydrogen (secondary N) is 2. The molecule has 1 rings (SSSR count). The molecule has 0 aliphatic carbocycles. The summed E-state index contributed by atoms with van der Waals surface area (Å²) in [6.45, 7) is 1.28. The van der Waals surface area contributed by atoms with Crippen molar-refractivity contribution in [2.45, 2.75) is 6.92 Å². The topological polar surface area (TPSA) is 85.9 Å². The van der Waals surface area contributed by atoms with Crippen molar-refractivity contribution in [2.75, 3.05) is 21.3 Å². The first-order chi connectivity index (χ1) is 9.03. The number of hydrazine groups is 1. The van der Waals surface area contributed by atoms with Crippen LogP contribution in [0.25, 0.3) is 0 Å². The van der Waals surface area contributed by atoms with Gasteiger partial charge in [-0.3, -0.25) is 20.4 Å². The second kappa shape index (κ2) is 6.48. The highest BCUT2D eigenvalue weighted by Gasteiger charge is 2.17. The Morgan fingerprint density at radius 3 is 1.89 bits per heavy atom. The Balaban J connectivity index is 3.10. The van der Waals surface area contributed by atoms with E-state index in [9.17, 15) is 9.59 Å². The van der Waals surface area contributed by atoms with Gasteiger partial charge in [0.15, 0.2) is 11.5 Å². The predicted octanol–water partition coefficient (Wildman–Crippen LogP) is 0.493. The molecule has 0 saturated heterocycles. The molecule has 7 heteroatoms. The number of hydrogen-bond acceptors (Lipinski definition) is 5. The zero-order valence-corrected chi connectivity index (χ0v) is 11.2. The van der Waals surface area contributed by atoms with Gasteiger partial charge in [0.25, 0.3) is 5.91 Å². The Hall–Kier alpha value is -2.44. The first kappa shape index (κ1) is 14.6. The first-order valence-corrected chi connectivity index (χ1v) is 5.40. The van der Waals surface area contributed by atoms with Gasteiger partial charge in [-0.05, 0) is 0 Å². The highest BCUT2D eigenvalue weighted by atomic mass is 16.5. The molecule has 7 nitrogen and oxygen atoms in total. The van der Waals surface area contributed by atoms with E-state index in [0.717, 1.165) is 0 Å². The third-order valence-electron chi connectivity index (χ3n) is 2.30. The minimum Gasteiger partial charge on any atom is -0.496 e. The van der Waals surface area contributed by atoms with Crippen LogP contribution in [0.1, 0.15) is 17.3 Å². The van der Waals surface area contributed by atoms with Crippen LogP contribution in [-0.4, -0.2) is 33.1 Å². The molecule has 2 amide bonds. The third kappa shape index (κ3) is 3.51. The SMILES string of the molecule is COc1cc(OC)c(C(=O)NNC(C)=O)cc1OC. The number of rotatable bonds is 4. The van der Waals surface area contributed by atoms with Crippen LogP contribution in [0, 0.1) is 0 Å². The first-order valence-electron chi connectivity index (χ1n) is 5.40. The van der Waals surface area contributed by atoms with Crippen LogP contribution in [-0.2, 0) is 4.79 Å². The van der Waals surface area contributed by atoms with Gasteiger partial charge in [-0.1, -0.05) is 0 Å². The lowest BCUT2D eigenvalue weighted by Gasteiger charge is -2.14. The number of ether oxygens (including phenoxy) is 3. The average molecular weight is 268 g/mol. The van der Waals surface area contributed by atoms with Crippen LogP contribution in [0.3, 0.4) is 0 Å². The van der Waals surface area contributed by atoms with E-state index in [2.05, 4.69) is 10.9 Å². The zero-order valence-electron chi connectivity index (χ0n) is 11.2. The van der Waals surface area contributed by atoms with Crippen molar-refractivity contribution in [3.8, 4) is 17.2 Å². The van der Waals surface area contributed by atoms with Gasteiger partial charge in [0, 0.05) is 19.1 Å². The van der Waals surface area contributed by atoms with Crippen LogP contribution in [0.2, 0.25) is 0 Å². The van der Waals surface area contributed by atoms with E-state index < -0.39 is 5.91 Å². The molecule has 0 aliphatic heterocycles. The van der Waals surface area contributed by atoms with E-state index in [1.54, 1.807) is 0 Å². The number of methoxy groups -OCH3 is 3. The average Bonchev–Trinajstić information content (AvgIpc) is 2.42. The molecular formula is C12H16N2O5. The van der Waals surface area contributed by atoms with Gasteiger partial charge in [-0.15, -0.1) is 0 Å². The van der Waals surface area contributed by atoms with Crippen molar-refractivity contribution in [2.24, 2.45) is 0 Å². The maximum absolute atomic E-state index is 11.9. The molecule has 0 atom stereocenters. The number of benzene rings is 1. The quantitative estimate of drug-likeness (QED) is 0.776. The Morgan fingerprint density at radius 1 is 0.895 bits per heavy atom. The van der Waals surface area contributed by atoms with Gasteiger partial charge in [-0.2, -0.15) is 0 Å². The molecule has 1 aromatic carbocycles. The molecule has 1 aromatic rings. The molecule has 0 radical (unpaired) electrons. The zero-order chi connectivity index (χ0) is 14.4. The lowest BCUT2D eigenvalue weighted by Crippen LogP contribution is -2.40. The van der Waals surface area contributed by atoms with E-state index in [1.807, 2.05) is 0 Å². The summed E-state index contributed by atoms with van der Waals surface area (Å²) >= 11 is 0. The molecular weight excluding hydrogens is 252 g/mol. The summed E-state index contributed by atoms with van der Waals surface area (Å²) < 4.78 is 15.3. The summed E-state index contributed by atoms with van der Waals surface area (Å²) in [5, 5.41) is 0. The summed E-state index contributed by atoms with van der Waals surface area (Å²) in [5.41, 5.74) is 4.66. The largest absolute Gasteiger partial charge is 0.496 e. The molecule has 0 aromatic heterocycles. The van der Waals surface area contributed by atoms with E-state index in [4.69, 9.17) is 14.2 Å². The number of amides is 2. The fraction of sp³-hybridized carbons (Fsp3) is 0.333. The van der Waals surface area contributed by atoms with Crippen LogP contribution < -0.4 is 25.1 Å². The fourth-order valence-corrected chi connectivity index (χ4v) is 1.42. The molecule has 19 heavy (non-hydrogen) atoms. The lowest BCUT2D eigenvalue weighted by molar-refractivity contribution is -0.119. The Labute approximate surface area is 110 Å². The van der Waals surface area contributed by atoms with Gasteiger partial charge >= 0.3 is 0 Å². The van der Waals surface area contributed by atoms with Crippen molar-refractivity contribution in [1.82, 2.24) is 10.9 Å². The normalized spacial score (nSPS) is 9.47. The fourth-order valence-electron chi connectivity index (χ4n) is 1.42. The molecule has 0 fully saturated rings. The number of carbonyl (C=O) groups excluding carboxylic acids is 2. The Morgan fingerprint density at radius 2 is 1.42 bits per heavy atom. The van der Waals surface area contributed by atoms with E-state index in [0.29, 0.717) is 17.2 Å². The summed E-state index contributed by atoms with van der Waals surface area (Å²) in [4.78, 5) is 22.7. The third-order valence-corrected chi connectivity index (χ3v) is 2.30. The monoisotopic (exact) mass is 268 g/mol. The second-order valence-corrected chi connectivity index (χ2v) is 3.54. The summed E-state index contributed by atoms with van der Waals surface area (Å²) in [6.07, 6.45) is 0. The van der Waals surface area contributed by atoms with Crippen molar-refractivity contribution in [1.29, 1.82) is 0 Å². The van der Waals surface area contributed by atoms with Crippen molar-refractivity contribution >= 4 is 11.8 Å². The predicted molar refractivity (Wildman–Crippen MR) is 67.4 cm³/mol. The van der Waals surface area contributed by atoms with E-state index >= 15 is 0 Å². The molecule has 0 spiro atoms. The summed E-state index contributed by atoms with van der Waals surface area (Å²) in [5.74, 6) is 0.230. The van der Waals surface area contributed by atoms with Crippen LogP contribution in [0.5, 0.6) is 17.2 Å². The van der Waals surface area contributed by atoms with Gasteiger partial charge in [0.2, 0.25) is 5.91 Å². The standard InChI is InChI=1S/C12H16N2O5/c1-7(15)13-14-12(16)8-5-10(18-3)11(19-4)6-9(8)17-2/h5-6H,1-4H3,(H,13,15)(H,14,16). The highest BCUT2D eigenvalue weighted by molar-refractivity contribution is 5.98. The maximum Gasteiger partial charge on any atom is 0.273 e. The van der Waals surface area contributed by atoms with E-state index in [-0.39, 0.29) is 11.5 Å². The minimum absolute atomic E-state index is 0.217. The van der Waals surface area contributed by atoms with Gasteiger partial charge in [-0.25, -0.2) is 0 Å². The van der Waals surface area contributed by atoms with Crippen LogP contribution in [0.15, 0.2) is 12.1 Å². The maximum atomic E-state index is 11.9. The minimum atomic E-state index is -0.520. The lowest BCUT2D eigenvalue weighted by atomic mass is 10.1. The molecule has 0 saturated carbocycles. The molecule has 0 heterocycles. The van der Waals surface area contributed by atoms with Crippen molar-refractivity contribution in [3.05, 3.63) is 17.7 Å². The number of hydrogen-bond donors (Lipinski definition) is 2. The van der Waals surface area contributed by atoms with Gasteiger partial charge in [0.1, 0.15) is 5.75 Å². The molecule has 0 unspecified atom stereocenters. The van der Waals surface area contributed by atoms with Crippen LogP contribution >= 0.6 is 0 Å². The second-order valence-electron chi connectivity index (χ2n) is 3.54. The summed E-state index contributed by atoms with van der Waals surface area (Å²) in [6, 6.07) is 3.00. The van der Waals surface area contributed by atoms with Crippen LogP contribution in [0.4, 0.5) is 0 Å². The highest BCUT2D eigenvalue weighted by Crippen LogP contribution is 2.34. The number of carbonyl (C=O) groups is 2. The van der Waals surface area contributed by atoms with Crippen molar-refractivity contribution in [3.63, 3.8) is 0 Å². The smallest absolute Gasteiger partial charge is 0.273 e.